The molecule has 3 N–H and O–H groups in total. The standard InChI is InChI=1S/C28H28BN7O3/c1-27(2)28(3,4)39-29(38-27)22-15-20-24(30-17-31-25(20)36(22)19-13-9-6-10-14-19)34-21-16-32-35-23(21)26(37)33-18-11-7-5-8-12-18/h5-17H,1-4H3,(H,32,35)(H,33,37)(H,30,31,34). The Balaban J connectivity index is 1.41. The molecule has 39 heavy (non-hydrogen) atoms. The van der Waals surface area contributed by atoms with Crippen molar-refractivity contribution in [3.05, 3.63) is 84.9 Å². The number of aromatic amines is 1. The maximum atomic E-state index is 13.0. The minimum absolute atomic E-state index is 0.277. The van der Waals surface area contributed by atoms with Crippen molar-refractivity contribution in [1.29, 1.82) is 0 Å². The fourth-order valence-corrected chi connectivity index (χ4v) is 4.51. The van der Waals surface area contributed by atoms with Crippen LogP contribution < -0.4 is 16.2 Å². The van der Waals surface area contributed by atoms with Crippen LogP contribution in [0.4, 0.5) is 17.2 Å². The number of H-pyrrole nitrogens is 1. The fourth-order valence-electron chi connectivity index (χ4n) is 4.51. The van der Waals surface area contributed by atoms with Gasteiger partial charge in [-0.25, -0.2) is 9.97 Å². The Morgan fingerprint density at radius 3 is 2.31 bits per heavy atom. The molecule has 6 rings (SSSR count). The first-order chi connectivity index (χ1) is 18.7. The van der Waals surface area contributed by atoms with Gasteiger partial charge in [0.25, 0.3) is 5.91 Å². The predicted molar refractivity (Wildman–Crippen MR) is 151 cm³/mol. The van der Waals surface area contributed by atoms with Crippen molar-refractivity contribution >= 4 is 46.8 Å². The highest BCUT2D eigenvalue weighted by Gasteiger charge is 2.53. The molecule has 0 spiro atoms. The molecule has 3 aromatic heterocycles. The smallest absolute Gasteiger partial charge is 0.398 e. The molecule has 2 aromatic carbocycles. The summed E-state index contributed by atoms with van der Waals surface area (Å²) in [5.41, 5.74) is 2.77. The summed E-state index contributed by atoms with van der Waals surface area (Å²) in [6.07, 6.45) is 3.04. The number of benzene rings is 2. The van der Waals surface area contributed by atoms with Crippen molar-refractivity contribution in [2.75, 3.05) is 10.6 Å². The van der Waals surface area contributed by atoms with Crippen LogP contribution in [0.1, 0.15) is 38.2 Å². The number of para-hydroxylation sites is 2. The quantitative estimate of drug-likeness (QED) is 0.283. The lowest BCUT2D eigenvalue weighted by Crippen LogP contribution is -2.41. The van der Waals surface area contributed by atoms with Gasteiger partial charge in [-0.05, 0) is 58.0 Å². The molecule has 5 aromatic rings. The summed E-state index contributed by atoms with van der Waals surface area (Å²) in [6.45, 7) is 8.10. The van der Waals surface area contributed by atoms with E-state index < -0.39 is 18.3 Å². The second kappa shape index (κ2) is 9.37. The van der Waals surface area contributed by atoms with E-state index in [0.29, 0.717) is 22.8 Å². The highest BCUT2D eigenvalue weighted by atomic mass is 16.7. The fraction of sp³-hybridized carbons (Fsp3) is 0.214. The molecule has 1 aliphatic rings. The first kappa shape index (κ1) is 24.8. The number of fused-ring (bicyclic) bond motifs is 1. The first-order valence-electron chi connectivity index (χ1n) is 12.7. The molecule has 1 saturated heterocycles. The summed E-state index contributed by atoms with van der Waals surface area (Å²) in [5, 5.41) is 13.8. The Labute approximate surface area is 225 Å². The van der Waals surface area contributed by atoms with Crippen LogP contribution in [0.2, 0.25) is 0 Å². The van der Waals surface area contributed by atoms with Gasteiger partial charge >= 0.3 is 7.12 Å². The normalized spacial score (nSPS) is 15.9. The van der Waals surface area contributed by atoms with Gasteiger partial charge in [-0.2, -0.15) is 5.10 Å². The van der Waals surface area contributed by atoms with Gasteiger partial charge in [-0.1, -0.05) is 36.4 Å². The summed E-state index contributed by atoms with van der Waals surface area (Å²) < 4.78 is 14.8. The van der Waals surface area contributed by atoms with E-state index in [9.17, 15) is 4.79 Å². The molecule has 0 saturated carbocycles. The summed E-state index contributed by atoms with van der Waals surface area (Å²) in [4.78, 5) is 22.1. The monoisotopic (exact) mass is 521 g/mol. The number of rotatable bonds is 6. The molecule has 0 bridgehead atoms. The third-order valence-electron chi connectivity index (χ3n) is 7.29. The lowest BCUT2D eigenvalue weighted by Gasteiger charge is -2.32. The van der Waals surface area contributed by atoms with Crippen LogP contribution in [0, 0.1) is 0 Å². The summed E-state index contributed by atoms with van der Waals surface area (Å²) in [7, 11) is -0.626. The number of amides is 1. The van der Waals surface area contributed by atoms with Gasteiger partial charge in [0, 0.05) is 11.4 Å². The van der Waals surface area contributed by atoms with Crippen molar-refractivity contribution in [2.45, 2.75) is 38.9 Å². The number of nitrogens with zero attached hydrogens (tertiary/aromatic N) is 4. The first-order valence-corrected chi connectivity index (χ1v) is 12.7. The SMILES string of the molecule is CC1(C)OB(c2cc3c(Nc4cn[nH]c4C(=O)Nc4ccccc4)ncnc3n2-c2ccccc2)OC1(C)C. The van der Waals surface area contributed by atoms with E-state index in [0.717, 1.165) is 16.7 Å². The lowest BCUT2D eigenvalue weighted by molar-refractivity contribution is 0.00578. The molecular weight excluding hydrogens is 493 g/mol. The van der Waals surface area contributed by atoms with Crippen LogP contribution in [-0.4, -0.2) is 49.0 Å². The number of carbonyl (C=O) groups excluding carboxylic acids is 1. The summed E-state index contributed by atoms with van der Waals surface area (Å²) in [6, 6.07) is 21.1. The van der Waals surface area contributed by atoms with Crippen molar-refractivity contribution in [3.8, 4) is 5.69 Å². The minimum atomic E-state index is -0.626. The highest BCUT2D eigenvalue weighted by Crippen LogP contribution is 2.37. The zero-order chi connectivity index (χ0) is 27.2. The number of hydrogen-bond donors (Lipinski definition) is 3. The molecule has 1 fully saturated rings. The minimum Gasteiger partial charge on any atom is -0.398 e. The molecule has 0 aliphatic carbocycles. The summed E-state index contributed by atoms with van der Waals surface area (Å²) in [5.74, 6) is 0.189. The molecule has 196 valence electrons. The van der Waals surface area contributed by atoms with Gasteiger partial charge in [-0.3, -0.25) is 9.89 Å². The molecule has 0 radical (unpaired) electrons. The van der Waals surface area contributed by atoms with E-state index in [1.54, 1.807) is 6.20 Å². The van der Waals surface area contributed by atoms with Crippen LogP contribution in [0.5, 0.6) is 0 Å². The Hall–Kier alpha value is -4.48. The topological polar surface area (TPSA) is 119 Å². The third kappa shape index (κ3) is 4.45. The van der Waals surface area contributed by atoms with Crippen LogP contribution in [-0.2, 0) is 9.31 Å². The van der Waals surface area contributed by atoms with Gasteiger partial charge in [0.2, 0.25) is 0 Å². The molecule has 11 heteroatoms. The van der Waals surface area contributed by atoms with Gasteiger partial charge in [0.1, 0.15) is 23.5 Å². The highest BCUT2D eigenvalue weighted by molar-refractivity contribution is 6.62. The zero-order valence-electron chi connectivity index (χ0n) is 22.1. The number of carbonyl (C=O) groups is 1. The molecular formula is C28H28BN7O3. The Kier molecular flexibility index (Phi) is 5.97. The third-order valence-corrected chi connectivity index (χ3v) is 7.29. The summed E-state index contributed by atoms with van der Waals surface area (Å²) >= 11 is 0. The van der Waals surface area contributed by atoms with Crippen LogP contribution >= 0.6 is 0 Å². The second-order valence-electron chi connectivity index (χ2n) is 10.4. The molecule has 0 atom stereocenters. The van der Waals surface area contributed by atoms with Crippen LogP contribution in [0.3, 0.4) is 0 Å². The van der Waals surface area contributed by atoms with Crippen molar-refractivity contribution < 1.29 is 14.1 Å². The van der Waals surface area contributed by atoms with E-state index >= 15 is 0 Å². The molecule has 0 unspecified atom stereocenters. The number of anilines is 3. The van der Waals surface area contributed by atoms with Gasteiger partial charge in [0.05, 0.1) is 34.1 Å². The molecule has 4 heterocycles. The van der Waals surface area contributed by atoms with E-state index in [1.807, 2.05) is 99.0 Å². The number of aromatic nitrogens is 5. The Bertz CT molecular complexity index is 1630. The molecule has 10 nitrogen and oxygen atoms in total. The Morgan fingerprint density at radius 2 is 1.62 bits per heavy atom. The van der Waals surface area contributed by atoms with E-state index in [1.165, 1.54) is 6.33 Å². The molecule has 1 amide bonds. The van der Waals surface area contributed by atoms with Gasteiger partial charge < -0.3 is 24.5 Å². The predicted octanol–water partition coefficient (Wildman–Crippen LogP) is 4.44. The van der Waals surface area contributed by atoms with Gasteiger partial charge in [-0.15, -0.1) is 0 Å². The average molecular weight is 521 g/mol. The molecule has 1 aliphatic heterocycles. The second-order valence-corrected chi connectivity index (χ2v) is 10.4. The maximum absolute atomic E-state index is 13.0. The van der Waals surface area contributed by atoms with E-state index in [4.69, 9.17) is 9.31 Å². The van der Waals surface area contributed by atoms with Crippen molar-refractivity contribution in [1.82, 2.24) is 24.7 Å². The van der Waals surface area contributed by atoms with Crippen molar-refractivity contribution in [3.63, 3.8) is 0 Å². The van der Waals surface area contributed by atoms with Crippen LogP contribution in [0.15, 0.2) is 79.3 Å². The van der Waals surface area contributed by atoms with Crippen molar-refractivity contribution in [2.24, 2.45) is 0 Å². The largest absolute Gasteiger partial charge is 0.512 e. The van der Waals surface area contributed by atoms with E-state index in [-0.39, 0.29) is 11.6 Å². The number of nitrogens with one attached hydrogen (secondary N) is 3. The lowest BCUT2D eigenvalue weighted by atomic mass is 9.84. The maximum Gasteiger partial charge on any atom is 0.512 e. The van der Waals surface area contributed by atoms with E-state index in [2.05, 4.69) is 30.8 Å². The Morgan fingerprint density at radius 1 is 0.949 bits per heavy atom. The number of hydrogen-bond acceptors (Lipinski definition) is 7. The van der Waals surface area contributed by atoms with Gasteiger partial charge in [0.15, 0.2) is 0 Å². The average Bonchev–Trinajstić information content (AvgIpc) is 3.59. The zero-order valence-corrected chi connectivity index (χ0v) is 22.1. The van der Waals surface area contributed by atoms with Crippen LogP contribution in [0.25, 0.3) is 16.7 Å².